The average molecular weight is 326 g/mol. The molecule has 0 N–H and O–H groups in total. The Morgan fingerprint density at radius 1 is 0.538 bits per heavy atom. The number of rotatable bonds is 2. The first-order chi connectivity index (χ1) is 12.7. The highest BCUT2D eigenvalue weighted by Gasteiger charge is 2.11. The molecule has 0 heterocycles. The van der Waals surface area contributed by atoms with Crippen LogP contribution in [-0.4, -0.2) is 0 Å². The van der Waals surface area contributed by atoms with Crippen molar-refractivity contribution < 1.29 is 0 Å². The summed E-state index contributed by atoms with van der Waals surface area (Å²) >= 11 is 0. The molecule has 0 heteroatoms. The Morgan fingerprint density at radius 3 is 1.04 bits per heavy atom. The van der Waals surface area contributed by atoms with Gasteiger partial charge in [0.25, 0.3) is 0 Å². The maximum Gasteiger partial charge on any atom is 0.0745 e. The third-order valence-corrected chi connectivity index (χ3v) is 4.21. The van der Waals surface area contributed by atoms with Crippen molar-refractivity contribution >= 4 is 33.7 Å². The Bertz CT molecular complexity index is 1060. The first-order valence-electron chi connectivity index (χ1n) is 7.96. The van der Waals surface area contributed by atoms with Crippen molar-refractivity contribution in [2.45, 2.75) is 0 Å². The van der Waals surface area contributed by atoms with E-state index in [1.165, 1.54) is 0 Å². The van der Waals surface area contributed by atoms with Crippen LogP contribution in [0.25, 0.3) is 33.7 Å². The molecule has 3 rings (SSSR count). The van der Waals surface area contributed by atoms with E-state index in [-0.39, 0.29) is 0 Å². The Morgan fingerprint density at radius 2 is 0.808 bits per heavy atom. The van der Waals surface area contributed by atoms with Crippen LogP contribution in [0.5, 0.6) is 0 Å². The van der Waals surface area contributed by atoms with Gasteiger partial charge in [-0.05, 0) is 44.8 Å². The van der Waals surface area contributed by atoms with Crippen molar-refractivity contribution in [3.63, 3.8) is 0 Å². The van der Waals surface area contributed by atoms with Gasteiger partial charge >= 0.3 is 0 Å². The number of hydrogen-bond acceptors (Lipinski definition) is 0. The van der Waals surface area contributed by atoms with E-state index in [9.17, 15) is 0 Å². The van der Waals surface area contributed by atoms with Crippen LogP contribution < -0.4 is 0 Å². The molecule has 0 aliphatic heterocycles. The molecule has 26 heavy (non-hydrogen) atoms. The summed E-state index contributed by atoms with van der Waals surface area (Å²) in [5, 5.41) is 4.14. The van der Waals surface area contributed by atoms with Crippen LogP contribution in [0.4, 0.5) is 0 Å². The maximum atomic E-state index is 5.54. The topological polar surface area (TPSA) is 0 Å². The third-order valence-electron chi connectivity index (χ3n) is 4.21. The van der Waals surface area contributed by atoms with E-state index < -0.39 is 0 Å². The van der Waals surface area contributed by atoms with Gasteiger partial charge in [-0.2, -0.15) is 0 Å². The molecule has 3 aromatic rings. The average Bonchev–Trinajstić information content (AvgIpc) is 2.70. The smallest absolute Gasteiger partial charge is 0.0745 e. The second-order valence-corrected chi connectivity index (χ2v) is 5.61. The molecular formula is C26H14. The number of fused-ring (bicyclic) bond motifs is 2. The lowest BCUT2D eigenvalue weighted by atomic mass is 9.90. The van der Waals surface area contributed by atoms with Gasteiger partial charge in [0.05, 0.1) is 11.1 Å². The zero-order valence-corrected chi connectivity index (χ0v) is 14.1. The molecule has 0 bridgehead atoms. The molecular weight excluding hydrogens is 312 g/mol. The van der Waals surface area contributed by atoms with E-state index in [0.29, 0.717) is 11.1 Å². The van der Waals surface area contributed by atoms with Crippen LogP contribution in [0.1, 0.15) is 11.1 Å². The lowest BCUT2D eigenvalue weighted by Crippen LogP contribution is -1.90. The minimum atomic E-state index is 0.497. The summed E-state index contributed by atoms with van der Waals surface area (Å²) in [5.74, 6) is 10.2. The van der Waals surface area contributed by atoms with Crippen molar-refractivity contribution in [2.24, 2.45) is 0 Å². The zero-order chi connectivity index (χ0) is 18.5. The van der Waals surface area contributed by atoms with Crippen LogP contribution in [-0.2, 0) is 0 Å². The van der Waals surface area contributed by atoms with Crippen LogP contribution >= 0.6 is 0 Å². The highest BCUT2D eigenvalue weighted by molar-refractivity contribution is 6.13. The quantitative estimate of drug-likeness (QED) is 0.443. The first kappa shape index (κ1) is 16.7. The predicted octanol–water partition coefficient (Wildman–Crippen LogP) is 5.29. The molecule has 3 aromatic carbocycles. The summed E-state index contributed by atoms with van der Waals surface area (Å²) in [6.45, 7) is 0. The van der Waals surface area contributed by atoms with Gasteiger partial charge in [0, 0.05) is 0 Å². The number of hydrogen-bond donors (Lipinski definition) is 0. The normalized spacial score (nSPS) is 9.38. The highest BCUT2D eigenvalue weighted by atomic mass is 14.1. The predicted molar refractivity (Wildman–Crippen MR) is 113 cm³/mol. The van der Waals surface area contributed by atoms with E-state index in [1.807, 2.05) is 60.7 Å². The molecule has 0 amide bonds. The molecule has 0 nitrogen and oxygen atoms in total. The Labute approximate surface area is 154 Å². The second-order valence-electron chi connectivity index (χ2n) is 5.61. The number of benzene rings is 3. The van der Waals surface area contributed by atoms with Crippen molar-refractivity contribution in [2.75, 3.05) is 0 Å². The molecule has 0 spiro atoms. The molecule has 0 fully saturated rings. The van der Waals surface area contributed by atoms with E-state index in [0.717, 1.165) is 32.7 Å². The molecule has 0 unspecified atom stereocenters. The second kappa shape index (κ2) is 7.20. The lowest BCUT2D eigenvalue weighted by molar-refractivity contribution is 1.71. The Hall–Kier alpha value is -4.10. The van der Waals surface area contributed by atoms with Crippen molar-refractivity contribution in [1.82, 2.24) is 0 Å². The Kier molecular flexibility index (Phi) is 4.64. The molecule has 0 radical (unpaired) electrons. The van der Waals surface area contributed by atoms with E-state index in [4.69, 9.17) is 25.7 Å². The van der Waals surface area contributed by atoms with Gasteiger partial charge < -0.3 is 0 Å². The van der Waals surface area contributed by atoms with Gasteiger partial charge in [0.1, 0.15) is 0 Å². The number of allylic oxidation sites excluding steroid dienone is 2. The monoisotopic (exact) mass is 326 g/mol. The summed E-state index contributed by atoms with van der Waals surface area (Å²) in [6.07, 6.45) is 25.9. The third kappa shape index (κ3) is 2.85. The zero-order valence-electron chi connectivity index (χ0n) is 14.1. The van der Waals surface area contributed by atoms with Gasteiger partial charge in [-0.25, -0.2) is 0 Å². The van der Waals surface area contributed by atoms with Crippen molar-refractivity contribution in [1.29, 1.82) is 0 Å². The van der Waals surface area contributed by atoms with Crippen molar-refractivity contribution in [3.05, 3.63) is 70.8 Å². The molecule has 0 saturated carbocycles. The summed E-state index contributed by atoms with van der Waals surface area (Å²) < 4.78 is 0. The number of terminal acetylenes is 4. The summed E-state index contributed by atoms with van der Waals surface area (Å²) in [5.41, 5.74) is 2.97. The largest absolute Gasteiger partial charge is 0.114 e. The van der Waals surface area contributed by atoms with Gasteiger partial charge in [-0.1, -0.05) is 72.2 Å². The van der Waals surface area contributed by atoms with E-state index in [2.05, 4.69) is 23.7 Å². The van der Waals surface area contributed by atoms with E-state index in [1.54, 1.807) is 0 Å². The summed E-state index contributed by atoms with van der Waals surface area (Å²) in [6, 6.07) is 16.1. The van der Waals surface area contributed by atoms with Gasteiger partial charge in [-0.3, -0.25) is 0 Å². The van der Waals surface area contributed by atoms with Gasteiger partial charge in [0.2, 0.25) is 0 Å². The highest BCUT2D eigenvalue weighted by Crippen LogP contribution is 2.35. The lowest BCUT2D eigenvalue weighted by Gasteiger charge is -2.13. The molecule has 0 saturated heterocycles. The van der Waals surface area contributed by atoms with Gasteiger partial charge in [0.15, 0.2) is 0 Å². The summed E-state index contributed by atoms with van der Waals surface area (Å²) in [7, 11) is 0. The molecule has 0 aliphatic carbocycles. The van der Waals surface area contributed by atoms with Crippen LogP contribution in [0.3, 0.4) is 0 Å². The summed E-state index contributed by atoms with van der Waals surface area (Å²) in [4.78, 5) is 0. The standard InChI is InChI=1S/C26H14/c1-5-19(6-2)17-25-21-13-9-11-15-23(21)26(18-20(7-3)8-4)24-16-12-10-14-22(24)25/h1-4,9-18H. The van der Waals surface area contributed by atoms with E-state index >= 15 is 0 Å². The SMILES string of the molecule is C#CC(C#C)=Cc1c2ccccc2c(C=C(C#C)C#C)c2ccccc12. The molecule has 0 atom stereocenters. The molecule has 0 aromatic heterocycles. The molecule has 118 valence electrons. The fourth-order valence-electron chi connectivity index (χ4n) is 3.05. The van der Waals surface area contributed by atoms with Crippen molar-refractivity contribution in [3.8, 4) is 49.4 Å². The maximum absolute atomic E-state index is 5.54. The fourth-order valence-corrected chi connectivity index (χ4v) is 3.05. The Balaban J connectivity index is 2.58. The van der Waals surface area contributed by atoms with Crippen LogP contribution in [0.15, 0.2) is 59.7 Å². The minimum absolute atomic E-state index is 0.497. The van der Waals surface area contributed by atoms with Gasteiger partial charge in [-0.15, -0.1) is 25.7 Å². The fraction of sp³-hybridized carbons (Fsp3) is 0. The first-order valence-corrected chi connectivity index (χ1v) is 7.96. The van der Waals surface area contributed by atoms with Crippen LogP contribution in [0.2, 0.25) is 0 Å². The molecule has 0 aliphatic rings. The minimum Gasteiger partial charge on any atom is -0.114 e. The van der Waals surface area contributed by atoms with Crippen LogP contribution in [0, 0.1) is 49.4 Å².